The Balaban J connectivity index is 1.70. The second-order valence-electron chi connectivity index (χ2n) is 8.22. The van der Waals surface area contributed by atoms with Crippen LogP contribution in [0, 0.1) is 17.8 Å². The van der Waals surface area contributed by atoms with Gasteiger partial charge in [-0.15, -0.1) is 0 Å². The smallest absolute Gasteiger partial charge is 0.416 e. The predicted molar refractivity (Wildman–Crippen MR) is 98.3 cm³/mol. The molecule has 0 amide bonds. The first-order valence-corrected chi connectivity index (χ1v) is 9.65. The van der Waals surface area contributed by atoms with Crippen molar-refractivity contribution in [2.75, 3.05) is 5.32 Å². The summed E-state index contributed by atoms with van der Waals surface area (Å²) in [5.74, 6) is -0.107. The lowest BCUT2D eigenvalue weighted by Crippen LogP contribution is -2.37. The monoisotopic (exact) mass is 387 g/mol. The van der Waals surface area contributed by atoms with E-state index in [1.807, 2.05) is 6.07 Å². The molecule has 0 saturated heterocycles. The molecule has 2 bridgehead atoms. The third kappa shape index (κ3) is 2.46. The highest BCUT2D eigenvalue weighted by molar-refractivity contribution is 5.95. The summed E-state index contributed by atoms with van der Waals surface area (Å²) in [7, 11) is 0. The Labute approximate surface area is 160 Å². The molecule has 2 aliphatic carbocycles. The van der Waals surface area contributed by atoms with Crippen LogP contribution in [0.1, 0.15) is 58.3 Å². The Hall–Kier alpha value is -2.50. The van der Waals surface area contributed by atoms with Crippen LogP contribution in [0.3, 0.4) is 0 Å². The summed E-state index contributed by atoms with van der Waals surface area (Å²) in [6.45, 7) is 0. The number of alkyl halides is 3. The minimum absolute atomic E-state index is 0.0544. The maximum atomic E-state index is 13.7. The highest BCUT2D eigenvalue weighted by atomic mass is 19.4. The van der Waals surface area contributed by atoms with Crippen molar-refractivity contribution in [2.24, 2.45) is 17.8 Å². The number of rotatable bonds is 2. The first-order valence-electron chi connectivity index (χ1n) is 9.65. The summed E-state index contributed by atoms with van der Waals surface area (Å²) >= 11 is 0. The number of fused-ring (bicyclic) bond motifs is 7. The van der Waals surface area contributed by atoms with Crippen LogP contribution < -0.4 is 5.32 Å². The normalized spacial score (nSPS) is 30.5. The van der Waals surface area contributed by atoms with Gasteiger partial charge in [-0.2, -0.15) is 13.2 Å². The molecule has 2 aromatic carbocycles. The van der Waals surface area contributed by atoms with E-state index in [9.17, 15) is 23.1 Å². The molecule has 1 aliphatic heterocycles. The van der Waals surface area contributed by atoms with Crippen LogP contribution in [0.2, 0.25) is 0 Å². The summed E-state index contributed by atoms with van der Waals surface area (Å²) < 4.78 is 41.1. The van der Waals surface area contributed by atoms with Gasteiger partial charge in [-0.3, -0.25) is 0 Å². The van der Waals surface area contributed by atoms with Crippen LogP contribution in [0.5, 0.6) is 0 Å². The van der Waals surface area contributed by atoms with Gasteiger partial charge in [-0.25, -0.2) is 4.79 Å². The van der Waals surface area contributed by atoms with Gasteiger partial charge in [-0.1, -0.05) is 30.3 Å². The summed E-state index contributed by atoms with van der Waals surface area (Å²) in [6.07, 6.45) is -1.33. The molecule has 5 atom stereocenters. The average molecular weight is 387 g/mol. The molecule has 146 valence electrons. The van der Waals surface area contributed by atoms with Gasteiger partial charge in [0.05, 0.1) is 22.9 Å². The molecule has 6 heteroatoms. The molecule has 3 nitrogen and oxygen atoms in total. The molecule has 2 aromatic rings. The lowest BCUT2D eigenvalue weighted by molar-refractivity contribution is -0.138. The molecule has 0 radical (unpaired) electrons. The van der Waals surface area contributed by atoms with Crippen molar-refractivity contribution >= 4 is 11.7 Å². The number of para-hydroxylation sites is 1. The van der Waals surface area contributed by atoms with E-state index < -0.39 is 23.8 Å². The van der Waals surface area contributed by atoms with Crippen molar-refractivity contribution in [1.82, 2.24) is 0 Å². The lowest BCUT2D eigenvalue weighted by Gasteiger charge is -2.44. The molecular formula is C22H20F3NO2. The summed E-state index contributed by atoms with van der Waals surface area (Å²) in [5, 5.41) is 12.9. The van der Waals surface area contributed by atoms with Crippen molar-refractivity contribution in [3.8, 4) is 0 Å². The number of aromatic carboxylic acids is 1. The zero-order valence-corrected chi connectivity index (χ0v) is 15.0. The zero-order chi connectivity index (χ0) is 19.6. The summed E-state index contributed by atoms with van der Waals surface area (Å²) in [6, 6.07) is 10.4. The van der Waals surface area contributed by atoms with Crippen molar-refractivity contribution in [1.29, 1.82) is 0 Å². The van der Waals surface area contributed by atoms with Gasteiger partial charge in [0.1, 0.15) is 0 Å². The molecule has 0 spiro atoms. The fourth-order valence-electron chi connectivity index (χ4n) is 6.03. The van der Waals surface area contributed by atoms with Gasteiger partial charge in [0, 0.05) is 0 Å². The van der Waals surface area contributed by atoms with Gasteiger partial charge in [0.25, 0.3) is 0 Å². The first-order chi connectivity index (χ1) is 13.4. The molecule has 28 heavy (non-hydrogen) atoms. The highest BCUT2D eigenvalue weighted by Gasteiger charge is 2.55. The Bertz CT molecular complexity index is 955. The summed E-state index contributed by atoms with van der Waals surface area (Å²) in [4.78, 5) is 11.8. The van der Waals surface area contributed by atoms with Crippen molar-refractivity contribution in [3.63, 3.8) is 0 Å². The van der Waals surface area contributed by atoms with Crippen LogP contribution in [0.4, 0.5) is 18.9 Å². The van der Waals surface area contributed by atoms with E-state index in [4.69, 9.17) is 0 Å². The fraction of sp³-hybridized carbons (Fsp3) is 0.409. The number of halogens is 3. The van der Waals surface area contributed by atoms with Gasteiger partial charge in [0.15, 0.2) is 0 Å². The minimum atomic E-state index is -4.45. The topological polar surface area (TPSA) is 49.3 Å². The number of hydrogen-bond acceptors (Lipinski definition) is 2. The molecule has 0 aromatic heterocycles. The number of hydrogen-bond donors (Lipinski definition) is 2. The zero-order valence-electron chi connectivity index (χ0n) is 15.0. The van der Waals surface area contributed by atoms with E-state index >= 15 is 0 Å². The lowest BCUT2D eigenvalue weighted by atomic mass is 9.67. The van der Waals surface area contributed by atoms with Crippen LogP contribution in [-0.2, 0) is 6.18 Å². The van der Waals surface area contributed by atoms with Crippen molar-refractivity contribution in [2.45, 2.75) is 37.4 Å². The molecule has 2 saturated carbocycles. The second kappa shape index (κ2) is 6.00. The Morgan fingerprint density at radius 3 is 2.46 bits per heavy atom. The molecule has 5 rings (SSSR count). The van der Waals surface area contributed by atoms with Crippen LogP contribution in [0.25, 0.3) is 0 Å². The average Bonchev–Trinajstić information content (AvgIpc) is 3.28. The van der Waals surface area contributed by atoms with E-state index in [1.165, 1.54) is 18.2 Å². The largest absolute Gasteiger partial charge is 0.478 e. The van der Waals surface area contributed by atoms with Gasteiger partial charge in [-0.05, 0) is 66.2 Å². The van der Waals surface area contributed by atoms with Gasteiger partial charge >= 0.3 is 12.1 Å². The predicted octanol–water partition coefficient (Wildman–Crippen LogP) is 5.70. The van der Waals surface area contributed by atoms with Crippen molar-refractivity contribution in [3.05, 3.63) is 64.7 Å². The molecule has 2 N–H and O–H groups in total. The minimum Gasteiger partial charge on any atom is -0.478 e. The van der Waals surface area contributed by atoms with Crippen LogP contribution >= 0.6 is 0 Å². The SMILES string of the molecule is O=C(O)c1cccc2c1N[C@H](c1ccccc1C(F)(F)F)[C@@H]1[C@H]3CC[C@@H](C3)[C@@H]21. The Kier molecular flexibility index (Phi) is 3.77. The third-order valence-corrected chi connectivity index (χ3v) is 6.95. The molecule has 0 unspecified atom stereocenters. The van der Waals surface area contributed by atoms with Gasteiger partial charge < -0.3 is 10.4 Å². The molecular weight excluding hydrogens is 367 g/mol. The standard InChI is InChI=1S/C22H20F3NO2/c23-22(24,25)16-7-2-1-4-13(16)20-18-12-9-8-11(10-12)17(18)14-5-3-6-15(21(27)28)19(14)26-20/h1-7,11-12,17-18,20,26H,8-10H2,(H,27,28)/t11-,12-,17-,18+,20+/m0/s1. The first kappa shape index (κ1) is 17.6. The number of nitrogens with one attached hydrogen (secondary N) is 1. The Morgan fingerprint density at radius 2 is 1.71 bits per heavy atom. The Morgan fingerprint density at radius 1 is 1.00 bits per heavy atom. The number of carbonyl (C=O) groups is 1. The quantitative estimate of drug-likeness (QED) is 0.695. The third-order valence-electron chi connectivity index (χ3n) is 6.95. The number of anilines is 1. The maximum absolute atomic E-state index is 13.7. The molecule has 3 aliphatic rings. The number of carboxylic acid groups (broad SMARTS) is 1. The highest BCUT2D eigenvalue weighted by Crippen LogP contribution is 2.64. The maximum Gasteiger partial charge on any atom is 0.416 e. The van der Waals surface area contributed by atoms with E-state index in [2.05, 4.69) is 5.32 Å². The number of benzene rings is 2. The van der Waals surface area contributed by atoms with Crippen LogP contribution in [-0.4, -0.2) is 11.1 Å². The van der Waals surface area contributed by atoms with Gasteiger partial charge in [0.2, 0.25) is 0 Å². The second-order valence-corrected chi connectivity index (χ2v) is 8.22. The fourth-order valence-corrected chi connectivity index (χ4v) is 6.03. The number of carboxylic acids is 1. The van der Waals surface area contributed by atoms with E-state index in [1.54, 1.807) is 12.1 Å². The molecule has 2 fully saturated rings. The summed E-state index contributed by atoms with van der Waals surface area (Å²) in [5.41, 5.74) is 1.17. The van der Waals surface area contributed by atoms with Crippen molar-refractivity contribution < 1.29 is 23.1 Å². The van der Waals surface area contributed by atoms with E-state index in [0.717, 1.165) is 30.9 Å². The van der Waals surface area contributed by atoms with E-state index in [-0.39, 0.29) is 23.0 Å². The van der Waals surface area contributed by atoms with E-state index in [0.29, 0.717) is 17.5 Å². The van der Waals surface area contributed by atoms with Crippen LogP contribution in [0.15, 0.2) is 42.5 Å². The molecule has 1 heterocycles.